The third-order valence-corrected chi connectivity index (χ3v) is 2.38. The number of nitrogens with zero attached hydrogens (tertiary/aromatic N) is 2. The van der Waals surface area contributed by atoms with Crippen LogP contribution in [0.3, 0.4) is 0 Å². The predicted octanol–water partition coefficient (Wildman–Crippen LogP) is 0.841. The van der Waals surface area contributed by atoms with Crippen molar-refractivity contribution < 1.29 is 0 Å². The van der Waals surface area contributed by atoms with Gasteiger partial charge in [0.1, 0.15) is 0 Å². The molecule has 0 bridgehead atoms. The Labute approximate surface area is 74.9 Å². The molecule has 0 saturated carbocycles. The topological polar surface area (TPSA) is 6.48 Å². The first kappa shape index (κ1) is 11.3. The van der Waals surface area contributed by atoms with E-state index in [1.165, 1.54) is 5.75 Å². The Kier molecular flexibility index (Phi) is 6.01. The van der Waals surface area contributed by atoms with Crippen LogP contribution in [0.1, 0.15) is 0 Å². The Balaban J connectivity index is 3.69. The average Bonchev–Trinajstić information content (AvgIpc) is 1.86. The first-order valence-electron chi connectivity index (χ1n) is 3.88. The van der Waals surface area contributed by atoms with E-state index in [2.05, 4.69) is 44.2 Å². The third-order valence-electron chi connectivity index (χ3n) is 1.67. The lowest BCUT2D eigenvalue weighted by Crippen LogP contribution is -2.39. The van der Waals surface area contributed by atoms with Gasteiger partial charge in [-0.15, -0.1) is 0 Å². The highest BCUT2D eigenvalue weighted by molar-refractivity contribution is 7.98. The molecule has 1 atom stereocenters. The zero-order valence-corrected chi connectivity index (χ0v) is 9.11. The number of hydrogen-bond donors (Lipinski definition) is 0. The molecule has 0 aliphatic heterocycles. The Morgan fingerprint density at radius 1 is 1.18 bits per heavy atom. The van der Waals surface area contributed by atoms with Gasteiger partial charge in [-0.3, -0.25) is 0 Å². The van der Waals surface area contributed by atoms with E-state index < -0.39 is 0 Å². The molecule has 0 aromatic rings. The molecule has 3 heteroatoms. The molecule has 0 aromatic heterocycles. The second-order valence-corrected chi connectivity index (χ2v) is 4.25. The van der Waals surface area contributed by atoms with Crippen molar-refractivity contribution in [2.45, 2.75) is 6.04 Å². The first-order valence-corrected chi connectivity index (χ1v) is 5.27. The van der Waals surface area contributed by atoms with Crippen LogP contribution in [0.2, 0.25) is 0 Å². The van der Waals surface area contributed by atoms with Crippen molar-refractivity contribution in [2.75, 3.05) is 46.7 Å². The molecular formula is C8H20N2S. The van der Waals surface area contributed by atoms with Crippen molar-refractivity contribution in [3.63, 3.8) is 0 Å². The summed E-state index contributed by atoms with van der Waals surface area (Å²) >= 11 is 1.91. The molecule has 2 nitrogen and oxygen atoms in total. The quantitative estimate of drug-likeness (QED) is 0.613. The summed E-state index contributed by atoms with van der Waals surface area (Å²) in [5.41, 5.74) is 0. The van der Waals surface area contributed by atoms with Gasteiger partial charge in [0, 0.05) is 18.3 Å². The highest BCUT2D eigenvalue weighted by atomic mass is 32.2. The first-order chi connectivity index (χ1) is 5.07. The van der Waals surface area contributed by atoms with Crippen molar-refractivity contribution in [3.8, 4) is 0 Å². The molecule has 0 saturated heterocycles. The molecule has 68 valence electrons. The SMILES string of the molecule is CSCC(CN(C)C)N(C)C. The summed E-state index contributed by atoms with van der Waals surface area (Å²) in [5, 5.41) is 0. The van der Waals surface area contributed by atoms with Gasteiger partial charge in [0.25, 0.3) is 0 Å². The van der Waals surface area contributed by atoms with Gasteiger partial charge < -0.3 is 9.80 Å². The Morgan fingerprint density at radius 2 is 1.73 bits per heavy atom. The molecule has 0 aliphatic rings. The standard InChI is InChI=1S/C8H20N2S/c1-9(2)6-8(7-11-5)10(3)4/h8H,6-7H2,1-5H3. The third kappa shape index (κ3) is 5.53. The van der Waals surface area contributed by atoms with Crippen molar-refractivity contribution >= 4 is 11.8 Å². The van der Waals surface area contributed by atoms with Crippen molar-refractivity contribution in [1.29, 1.82) is 0 Å². The van der Waals surface area contributed by atoms with Gasteiger partial charge in [-0.05, 0) is 34.4 Å². The molecule has 11 heavy (non-hydrogen) atoms. The maximum Gasteiger partial charge on any atom is 0.0307 e. The number of thioether (sulfide) groups is 1. The molecular weight excluding hydrogens is 156 g/mol. The smallest absolute Gasteiger partial charge is 0.0307 e. The number of hydrogen-bond acceptors (Lipinski definition) is 3. The van der Waals surface area contributed by atoms with E-state index in [-0.39, 0.29) is 0 Å². The van der Waals surface area contributed by atoms with Gasteiger partial charge in [0.15, 0.2) is 0 Å². The van der Waals surface area contributed by atoms with E-state index in [9.17, 15) is 0 Å². The highest BCUT2D eigenvalue weighted by Gasteiger charge is 2.10. The summed E-state index contributed by atoms with van der Waals surface area (Å²) in [7, 11) is 8.53. The molecule has 0 radical (unpaired) electrons. The summed E-state index contributed by atoms with van der Waals surface area (Å²) in [6, 6.07) is 0.681. The molecule has 0 heterocycles. The molecule has 0 aromatic carbocycles. The summed E-state index contributed by atoms with van der Waals surface area (Å²) in [6.45, 7) is 1.15. The fourth-order valence-electron chi connectivity index (χ4n) is 0.979. The maximum absolute atomic E-state index is 2.29. The average molecular weight is 176 g/mol. The summed E-state index contributed by atoms with van der Waals surface area (Å²) in [5.74, 6) is 1.21. The van der Waals surface area contributed by atoms with Crippen LogP contribution < -0.4 is 0 Å². The van der Waals surface area contributed by atoms with Crippen molar-refractivity contribution in [3.05, 3.63) is 0 Å². The van der Waals surface area contributed by atoms with E-state index in [1.54, 1.807) is 0 Å². The predicted molar refractivity (Wildman–Crippen MR) is 54.4 cm³/mol. The summed E-state index contributed by atoms with van der Waals surface area (Å²) < 4.78 is 0. The van der Waals surface area contributed by atoms with Gasteiger partial charge in [-0.25, -0.2) is 0 Å². The van der Waals surface area contributed by atoms with E-state index in [0.717, 1.165) is 6.54 Å². The lowest BCUT2D eigenvalue weighted by Gasteiger charge is -2.26. The molecule has 0 aliphatic carbocycles. The van der Waals surface area contributed by atoms with E-state index >= 15 is 0 Å². The molecule has 0 N–H and O–H groups in total. The zero-order valence-electron chi connectivity index (χ0n) is 8.29. The van der Waals surface area contributed by atoms with Gasteiger partial charge in [0.2, 0.25) is 0 Å². The second-order valence-electron chi connectivity index (χ2n) is 3.34. The number of rotatable bonds is 5. The van der Waals surface area contributed by atoms with Gasteiger partial charge >= 0.3 is 0 Å². The monoisotopic (exact) mass is 176 g/mol. The minimum atomic E-state index is 0.681. The van der Waals surface area contributed by atoms with Crippen LogP contribution in [-0.4, -0.2) is 62.6 Å². The largest absolute Gasteiger partial charge is 0.308 e. The second kappa shape index (κ2) is 5.86. The van der Waals surface area contributed by atoms with E-state index in [4.69, 9.17) is 0 Å². The Hall–Kier alpha value is 0.270. The normalized spacial score (nSPS) is 14.5. The lowest BCUT2D eigenvalue weighted by atomic mass is 10.3. The van der Waals surface area contributed by atoms with Crippen LogP contribution in [0.25, 0.3) is 0 Å². The minimum Gasteiger partial charge on any atom is -0.308 e. The molecule has 1 unspecified atom stereocenters. The lowest BCUT2D eigenvalue weighted by molar-refractivity contribution is 0.248. The molecule has 0 spiro atoms. The van der Waals surface area contributed by atoms with Crippen LogP contribution in [0.15, 0.2) is 0 Å². The molecule has 0 amide bonds. The van der Waals surface area contributed by atoms with Crippen LogP contribution in [0, 0.1) is 0 Å². The molecule has 0 rings (SSSR count). The van der Waals surface area contributed by atoms with Crippen molar-refractivity contribution in [1.82, 2.24) is 9.80 Å². The highest BCUT2D eigenvalue weighted by Crippen LogP contribution is 2.03. The van der Waals surface area contributed by atoms with Crippen LogP contribution in [-0.2, 0) is 0 Å². The van der Waals surface area contributed by atoms with Gasteiger partial charge in [-0.2, -0.15) is 11.8 Å². The summed E-state index contributed by atoms with van der Waals surface area (Å²) in [6.07, 6.45) is 2.16. The Bertz CT molecular complexity index is 94.1. The van der Waals surface area contributed by atoms with Crippen LogP contribution >= 0.6 is 11.8 Å². The van der Waals surface area contributed by atoms with Gasteiger partial charge in [0.05, 0.1) is 0 Å². The van der Waals surface area contributed by atoms with Crippen molar-refractivity contribution in [2.24, 2.45) is 0 Å². The summed E-state index contributed by atoms with van der Waals surface area (Å²) in [4.78, 5) is 4.53. The fourth-order valence-corrected chi connectivity index (χ4v) is 1.77. The van der Waals surface area contributed by atoms with E-state index in [1.807, 2.05) is 11.8 Å². The zero-order chi connectivity index (χ0) is 8.85. The van der Waals surface area contributed by atoms with Crippen LogP contribution in [0.5, 0.6) is 0 Å². The van der Waals surface area contributed by atoms with E-state index in [0.29, 0.717) is 6.04 Å². The maximum atomic E-state index is 2.29. The van der Waals surface area contributed by atoms with Crippen LogP contribution in [0.4, 0.5) is 0 Å². The fraction of sp³-hybridized carbons (Fsp3) is 1.00. The van der Waals surface area contributed by atoms with Gasteiger partial charge in [-0.1, -0.05) is 0 Å². The molecule has 0 fully saturated rings. The minimum absolute atomic E-state index is 0.681. The Morgan fingerprint density at radius 3 is 2.00 bits per heavy atom. The number of likely N-dealkylation sites (N-methyl/N-ethyl adjacent to an activating group) is 2.